The molecule has 0 bridgehead atoms. The number of rotatable bonds is 3. The number of imidazole rings is 1. The molecule has 4 heteroatoms. The van der Waals surface area contributed by atoms with Crippen LogP contribution in [0.4, 0.5) is 0 Å². The first-order valence-electron chi connectivity index (χ1n) is 9.61. The smallest absolute Gasteiger partial charge is 0.272 e. The van der Waals surface area contributed by atoms with Crippen molar-refractivity contribution in [1.29, 1.82) is 0 Å². The summed E-state index contributed by atoms with van der Waals surface area (Å²) in [5, 5.41) is 0. The standard InChI is InChI=1S/C21H27N3O/c1-16-6-5-11-24-19(15-22-20(16)24)21(25)23-12-9-18(10-13-23)14-17-7-3-2-4-8-17/h2-4,7-8,15-16,18H,5-6,9-14H2,1H3. The SMILES string of the molecule is CC1CCCn2c(C(=O)N3CCC(Cc4ccccc4)CC3)cnc21. The van der Waals surface area contributed by atoms with Crippen LogP contribution in [-0.2, 0) is 13.0 Å². The highest BCUT2D eigenvalue weighted by Gasteiger charge is 2.28. The highest BCUT2D eigenvalue weighted by molar-refractivity contribution is 5.92. The van der Waals surface area contributed by atoms with E-state index in [-0.39, 0.29) is 5.91 Å². The lowest BCUT2D eigenvalue weighted by molar-refractivity contribution is 0.0678. The molecular weight excluding hydrogens is 310 g/mol. The Morgan fingerprint density at radius 3 is 2.64 bits per heavy atom. The summed E-state index contributed by atoms with van der Waals surface area (Å²) in [7, 11) is 0. The van der Waals surface area contributed by atoms with E-state index in [0.29, 0.717) is 11.8 Å². The maximum absolute atomic E-state index is 13.0. The summed E-state index contributed by atoms with van der Waals surface area (Å²) < 4.78 is 2.16. The molecule has 1 amide bonds. The van der Waals surface area contributed by atoms with Gasteiger partial charge in [0.05, 0.1) is 6.20 Å². The van der Waals surface area contributed by atoms with Crippen molar-refractivity contribution in [2.24, 2.45) is 5.92 Å². The fraction of sp³-hybridized carbons (Fsp3) is 0.524. The minimum absolute atomic E-state index is 0.172. The van der Waals surface area contributed by atoms with Crippen LogP contribution in [0.5, 0.6) is 0 Å². The molecule has 25 heavy (non-hydrogen) atoms. The van der Waals surface area contributed by atoms with Crippen molar-refractivity contribution in [3.05, 3.63) is 53.6 Å². The van der Waals surface area contributed by atoms with Gasteiger partial charge >= 0.3 is 0 Å². The number of aromatic nitrogens is 2. The van der Waals surface area contributed by atoms with Gasteiger partial charge in [0.1, 0.15) is 11.5 Å². The van der Waals surface area contributed by atoms with Crippen molar-refractivity contribution in [2.75, 3.05) is 13.1 Å². The molecule has 4 rings (SSSR count). The van der Waals surface area contributed by atoms with Crippen LogP contribution in [0.25, 0.3) is 0 Å². The van der Waals surface area contributed by atoms with Crippen LogP contribution < -0.4 is 0 Å². The third kappa shape index (κ3) is 3.35. The fourth-order valence-corrected chi connectivity index (χ4v) is 4.32. The van der Waals surface area contributed by atoms with Gasteiger partial charge in [0.15, 0.2) is 0 Å². The van der Waals surface area contributed by atoms with Gasteiger partial charge in [-0.25, -0.2) is 4.98 Å². The molecule has 3 heterocycles. The van der Waals surface area contributed by atoms with Crippen molar-refractivity contribution in [2.45, 2.75) is 51.5 Å². The van der Waals surface area contributed by atoms with Gasteiger partial charge in [0, 0.05) is 25.6 Å². The molecule has 1 aromatic heterocycles. The van der Waals surface area contributed by atoms with Crippen molar-refractivity contribution in [3.8, 4) is 0 Å². The lowest BCUT2D eigenvalue weighted by Gasteiger charge is -2.32. The van der Waals surface area contributed by atoms with Crippen molar-refractivity contribution in [3.63, 3.8) is 0 Å². The van der Waals surface area contributed by atoms with Gasteiger partial charge in [0.2, 0.25) is 0 Å². The van der Waals surface area contributed by atoms with Crippen LogP contribution in [0.3, 0.4) is 0 Å². The summed E-state index contributed by atoms with van der Waals surface area (Å²) in [6, 6.07) is 10.7. The lowest BCUT2D eigenvalue weighted by atomic mass is 9.90. The highest BCUT2D eigenvalue weighted by atomic mass is 16.2. The van der Waals surface area contributed by atoms with Crippen molar-refractivity contribution in [1.82, 2.24) is 14.5 Å². The fourth-order valence-electron chi connectivity index (χ4n) is 4.32. The monoisotopic (exact) mass is 337 g/mol. The first-order chi connectivity index (χ1) is 12.2. The van der Waals surface area contributed by atoms with E-state index in [9.17, 15) is 4.79 Å². The maximum atomic E-state index is 13.0. The molecule has 0 spiro atoms. The number of piperidine rings is 1. The van der Waals surface area contributed by atoms with Gasteiger partial charge in [-0.15, -0.1) is 0 Å². The molecule has 1 fully saturated rings. The predicted molar refractivity (Wildman–Crippen MR) is 98.6 cm³/mol. The zero-order chi connectivity index (χ0) is 17.2. The molecule has 1 atom stereocenters. The number of fused-ring (bicyclic) bond motifs is 1. The molecule has 0 radical (unpaired) electrons. The molecule has 1 aromatic carbocycles. The molecule has 0 N–H and O–H groups in total. The van der Waals surface area contributed by atoms with Crippen molar-refractivity contribution < 1.29 is 4.79 Å². The number of carbonyl (C=O) groups excluding carboxylic acids is 1. The second-order valence-electron chi connectivity index (χ2n) is 7.62. The summed E-state index contributed by atoms with van der Waals surface area (Å²) in [4.78, 5) is 19.5. The van der Waals surface area contributed by atoms with E-state index in [4.69, 9.17) is 0 Å². The van der Waals surface area contributed by atoms with E-state index in [1.165, 1.54) is 12.0 Å². The summed E-state index contributed by atoms with van der Waals surface area (Å²) in [5.41, 5.74) is 2.20. The average molecular weight is 337 g/mol. The first kappa shape index (κ1) is 16.4. The van der Waals surface area contributed by atoms with Crippen LogP contribution in [0, 0.1) is 5.92 Å². The van der Waals surface area contributed by atoms with E-state index in [2.05, 4.69) is 46.8 Å². The molecular formula is C21H27N3O. The molecule has 2 aliphatic rings. The van der Waals surface area contributed by atoms with E-state index in [0.717, 1.165) is 56.8 Å². The third-order valence-electron chi connectivity index (χ3n) is 5.83. The number of carbonyl (C=O) groups is 1. The molecule has 0 aliphatic carbocycles. The second-order valence-corrected chi connectivity index (χ2v) is 7.62. The summed E-state index contributed by atoms with van der Waals surface area (Å²) >= 11 is 0. The zero-order valence-electron chi connectivity index (χ0n) is 15.0. The quantitative estimate of drug-likeness (QED) is 0.852. The average Bonchev–Trinajstić information content (AvgIpc) is 3.08. The first-order valence-corrected chi connectivity index (χ1v) is 9.61. The van der Waals surface area contributed by atoms with E-state index in [1.807, 2.05) is 4.90 Å². The van der Waals surface area contributed by atoms with Gasteiger partial charge < -0.3 is 9.47 Å². The molecule has 4 nitrogen and oxygen atoms in total. The van der Waals surface area contributed by atoms with Gasteiger partial charge in [-0.05, 0) is 43.6 Å². The van der Waals surface area contributed by atoms with Gasteiger partial charge in [-0.1, -0.05) is 37.3 Å². The maximum Gasteiger partial charge on any atom is 0.272 e. The normalized spacial score (nSPS) is 21.2. The lowest BCUT2D eigenvalue weighted by Crippen LogP contribution is -2.40. The minimum Gasteiger partial charge on any atom is -0.337 e. The molecule has 2 aromatic rings. The predicted octanol–water partition coefficient (Wildman–Crippen LogP) is 3.88. The van der Waals surface area contributed by atoms with Crippen LogP contribution >= 0.6 is 0 Å². The Kier molecular flexibility index (Phi) is 4.60. The largest absolute Gasteiger partial charge is 0.337 e. The Labute approximate surface area is 149 Å². The highest BCUT2D eigenvalue weighted by Crippen LogP contribution is 2.28. The number of benzene rings is 1. The number of nitrogens with zero attached hydrogens (tertiary/aromatic N) is 3. The Morgan fingerprint density at radius 2 is 1.88 bits per heavy atom. The Balaban J connectivity index is 1.39. The minimum atomic E-state index is 0.172. The second kappa shape index (κ2) is 7.03. The summed E-state index contributed by atoms with van der Waals surface area (Å²) in [6.07, 6.45) is 7.44. The van der Waals surface area contributed by atoms with Gasteiger partial charge in [-0.2, -0.15) is 0 Å². The van der Waals surface area contributed by atoms with Crippen LogP contribution in [-0.4, -0.2) is 33.4 Å². The topological polar surface area (TPSA) is 38.1 Å². The van der Waals surface area contributed by atoms with Gasteiger partial charge in [-0.3, -0.25) is 4.79 Å². The number of hydrogen-bond acceptors (Lipinski definition) is 2. The third-order valence-corrected chi connectivity index (χ3v) is 5.83. The summed E-state index contributed by atoms with van der Waals surface area (Å²) in [5.74, 6) is 2.41. The van der Waals surface area contributed by atoms with E-state index in [1.54, 1.807) is 6.20 Å². The Bertz CT molecular complexity index is 729. The van der Waals surface area contributed by atoms with E-state index < -0.39 is 0 Å². The number of amides is 1. The van der Waals surface area contributed by atoms with Crippen LogP contribution in [0.1, 0.15) is 60.4 Å². The molecule has 0 saturated carbocycles. The number of hydrogen-bond donors (Lipinski definition) is 0. The Morgan fingerprint density at radius 1 is 1.12 bits per heavy atom. The summed E-state index contributed by atoms with van der Waals surface area (Å²) in [6.45, 7) is 4.88. The van der Waals surface area contributed by atoms with Crippen molar-refractivity contribution >= 4 is 5.91 Å². The molecule has 2 aliphatic heterocycles. The molecule has 132 valence electrons. The Hall–Kier alpha value is -2.10. The van der Waals surface area contributed by atoms with Crippen LogP contribution in [0.15, 0.2) is 36.5 Å². The van der Waals surface area contributed by atoms with Gasteiger partial charge in [0.25, 0.3) is 5.91 Å². The zero-order valence-corrected chi connectivity index (χ0v) is 15.0. The van der Waals surface area contributed by atoms with Crippen LogP contribution in [0.2, 0.25) is 0 Å². The molecule has 1 unspecified atom stereocenters. The molecule has 1 saturated heterocycles. The number of likely N-dealkylation sites (tertiary alicyclic amines) is 1. The van der Waals surface area contributed by atoms with E-state index >= 15 is 0 Å².